The van der Waals surface area contributed by atoms with Crippen LogP contribution in [0, 0.1) is 17.3 Å². The van der Waals surface area contributed by atoms with Crippen molar-refractivity contribution in [2.75, 3.05) is 26.8 Å². The maximum atomic E-state index is 12.2. The van der Waals surface area contributed by atoms with Crippen LogP contribution in [0.5, 0.6) is 0 Å². The first-order chi connectivity index (χ1) is 10.8. The Hall–Kier alpha value is -0.500. The first-order valence-electron chi connectivity index (χ1n) is 8.26. The highest BCUT2D eigenvalue weighted by molar-refractivity contribution is 7.85. The van der Waals surface area contributed by atoms with E-state index < -0.39 is 10.1 Å². The Kier molecular flexibility index (Phi) is 6.22. The van der Waals surface area contributed by atoms with Gasteiger partial charge in [-0.3, -0.25) is 8.98 Å². The number of hydrogen-bond acceptors (Lipinski definition) is 6. The lowest BCUT2D eigenvalue weighted by molar-refractivity contribution is -0.175. The molecule has 0 radical (unpaired) electrons. The molecule has 4 atom stereocenters. The number of fused-ring (bicyclic) bond motifs is 1. The van der Waals surface area contributed by atoms with Crippen LogP contribution in [-0.2, 0) is 28.6 Å². The molecule has 2 aliphatic carbocycles. The van der Waals surface area contributed by atoms with Crippen LogP contribution in [0.3, 0.4) is 0 Å². The minimum Gasteiger partial charge on any atom is -0.359 e. The van der Waals surface area contributed by atoms with Gasteiger partial charge in [0.1, 0.15) is 12.6 Å². The van der Waals surface area contributed by atoms with Gasteiger partial charge in [-0.05, 0) is 31.6 Å². The molecular weight excluding hydrogens is 320 g/mol. The van der Waals surface area contributed by atoms with E-state index in [0.717, 1.165) is 31.9 Å². The van der Waals surface area contributed by atoms with Crippen molar-refractivity contribution in [2.24, 2.45) is 17.3 Å². The normalized spacial score (nSPS) is 35.1. The molecule has 2 saturated carbocycles. The molecule has 0 aromatic rings. The van der Waals surface area contributed by atoms with Crippen LogP contribution in [0.2, 0.25) is 0 Å². The van der Waals surface area contributed by atoms with E-state index in [-0.39, 0.29) is 36.8 Å². The molecule has 0 spiro atoms. The number of ketones is 1. The maximum Gasteiger partial charge on any atom is 0.264 e. The average molecular weight is 348 g/mol. The van der Waals surface area contributed by atoms with Crippen molar-refractivity contribution in [3.8, 4) is 0 Å². The molecule has 23 heavy (non-hydrogen) atoms. The van der Waals surface area contributed by atoms with Gasteiger partial charge in [0, 0.05) is 24.9 Å². The molecule has 134 valence electrons. The van der Waals surface area contributed by atoms with Crippen LogP contribution in [0.1, 0.15) is 45.4 Å². The number of methoxy groups -OCH3 is 1. The predicted molar refractivity (Wildman–Crippen MR) is 85.3 cm³/mol. The third-order valence-electron chi connectivity index (χ3n) is 5.41. The number of Topliss-reactive ketones (excluding diaryl/α,β-unsaturated/α-hetero) is 1. The van der Waals surface area contributed by atoms with E-state index in [9.17, 15) is 13.2 Å². The molecule has 2 rings (SSSR count). The topological polar surface area (TPSA) is 78.9 Å². The molecule has 7 heteroatoms. The lowest BCUT2D eigenvalue weighted by Gasteiger charge is -2.53. The summed E-state index contributed by atoms with van der Waals surface area (Å²) in [6, 6.07) is 0. The second-order valence-corrected chi connectivity index (χ2v) is 8.62. The Bertz CT molecular complexity index is 517. The quantitative estimate of drug-likeness (QED) is 0.518. The molecule has 0 saturated heterocycles. The van der Waals surface area contributed by atoms with Crippen molar-refractivity contribution in [1.29, 1.82) is 0 Å². The number of carbonyl (C=O) groups excluding carboxylic acids is 1. The highest BCUT2D eigenvalue weighted by Crippen LogP contribution is 2.54. The molecule has 0 aromatic carbocycles. The highest BCUT2D eigenvalue weighted by atomic mass is 32.2. The second-order valence-electron chi connectivity index (χ2n) is 6.97. The monoisotopic (exact) mass is 348 g/mol. The van der Waals surface area contributed by atoms with Crippen LogP contribution in [0.4, 0.5) is 0 Å². The summed E-state index contributed by atoms with van der Waals surface area (Å²) in [5.74, 6) is 0.531. The molecule has 0 heterocycles. The molecule has 0 aromatic heterocycles. The molecule has 0 unspecified atom stereocenters. The summed E-state index contributed by atoms with van der Waals surface area (Å²) in [5.41, 5.74) is -0.200. The third kappa shape index (κ3) is 4.53. The van der Waals surface area contributed by atoms with Gasteiger partial charge in [-0.15, -0.1) is 0 Å². The van der Waals surface area contributed by atoms with E-state index in [4.69, 9.17) is 13.7 Å². The lowest BCUT2D eigenvalue weighted by atomic mass is 9.54. The second kappa shape index (κ2) is 7.59. The first-order valence-corrected chi connectivity index (χ1v) is 10.1. The van der Waals surface area contributed by atoms with E-state index >= 15 is 0 Å². The van der Waals surface area contributed by atoms with E-state index in [1.807, 2.05) is 6.92 Å². The van der Waals surface area contributed by atoms with Gasteiger partial charge >= 0.3 is 0 Å². The summed E-state index contributed by atoms with van der Waals surface area (Å²) in [4.78, 5) is 12.2. The summed E-state index contributed by atoms with van der Waals surface area (Å²) in [6.45, 7) is 2.32. The van der Waals surface area contributed by atoms with E-state index in [0.29, 0.717) is 18.6 Å². The zero-order chi connectivity index (χ0) is 17.1. The standard InChI is InChI=1S/C16H28O6S/c1-12-10-16(7-8-22-23(3,18)19)13(9-14(12)17)5-4-6-15(16)21-11-20-2/h12-13,15H,4-11H2,1-3H3/t12-,13+,15+,16+/m1/s1. The maximum absolute atomic E-state index is 12.2. The van der Waals surface area contributed by atoms with Crippen molar-refractivity contribution in [2.45, 2.75) is 51.6 Å². The number of rotatable bonds is 7. The molecule has 0 bridgehead atoms. The van der Waals surface area contributed by atoms with Gasteiger partial charge in [0.05, 0.1) is 19.0 Å². The minimum absolute atomic E-state index is 0.0140. The number of carbonyl (C=O) groups is 1. The van der Waals surface area contributed by atoms with E-state index in [2.05, 4.69) is 0 Å². The summed E-state index contributed by atoms with van der Waals surface area (Å²) in [6.07, 6.45) is 5.87. The SMILES string of the molecule is COCO[C@H]1CCC[C@H]2CC(=O)[C@H](C)C[C@@]21CCOS(C)(=O)=O. The van der Waals surface area contributed by atoms with Crippen LogP contribution in [-0.4, -0.2) is 47.1 Å². The summed E-state index contributed by atoms with van der Waals surface area (Å²) < 4.78 is 38.5. The van der Waals surface area contributed by atoms with Gasteiger partial charge < -0.3 is 9.47 Å². The van der Waals surface area contributed by atoms with Gasteiger partial charge in [-0.2, -0.15) is 8.42 Å². The van der Waals surface area contributed by atoms with Gasteiger partial charge in [0.15, 0.2) is 0 Å². The number of hydrogen-bond donors (Lipinski definition) is 0. The van der Waals surface area contributed by atoms with E-state index in [1.165, 1.54) is 0 Å². The number of ether oxygens (including phenoxy) is 2. The van der Waals surface area contributed by atoms with Crippen LogP contribution < -0.4 is 0 Å². The third-order valence-corrected chi connectivity index (χ3v) is 6.00. The Balaban J connectivity index is 2.19. The van der Waals surface area contributed by atoms with Crippen molar-refractivity contribution >= 4 is 15.9 Å². The Morgan fingerprint density at radius 2 is 2.04 bits per heavy atom. The highest BCUT2D eigenvalue weighted by Gasteiger charge is 2.52. The Morgan fingerprint density at radius 3 is 2.70 bits per heavy atom. The van der Waals surface area contributed by atoms with Crippen molar-refractivity contribution in [3.05, 3.63) is 0 Å². The fourth-order valence-corrected chi connectivity index (χ4v) is 4.75. The molecule has 6 nitrogen and oxygen atoms in total. The largest absolute Gasteiger partial charge is 0.359 e. The molecule has 0 aliphatic heterocycles. The molecule has 2 aliphatic rings. The van der Waals surface area contributed by atoms with Crippen molar-refractivity contribution in [1.82, 2.24) is 0 Å². The minimum atomic E-state index is -3.46. The Labute approximate surface area is 139 Å². The van der Waals surface area contributed by atoms with Gasteiger partial charge in [0.25, 0.3) is 10.1 Å². The zero-order valence-electron chi connectivity index (χ0n) is 14.2. The first kappa shape index (κ1) is 18.8. The molecule has 2 fully saturated rings. The van der Waals surface area contributed by atoms with Crippen molar-refractivity contribution < 1.29 is 26.9 Å². The fraction of sp³-hybridized carbons (Fsp3) is 0.938. The predicted octanol–water partition coefficient (Wildman–Crippen LogP) is 2.13. The molecule has 0 amide bonds. The summed E-state index contributed by atoms with van der Waals surface area (Å²) in [7, 11) is -1.87. The average Bonchev–Trinajstić information content (AvgIpc) is 2.45. The van der Waals surface area contributed by atoms with Gasteiger partial charge in [-0.1, -0.05) is 13.3 Å². The van der Waals surface area contributed by atoms with Crippen molar-refractivity contribution in [3.63, 3.8) is 0 Å². The zero-order valence-corrected chi connectivity index (χ0v) is 15.1. The molecule has 0 N–H and O–H groups in total. The fourth-order valence-electron chi connectivity index (χ4n) is 4.37. The van der Waals surface area contributed by atoms with E-state index in [1.54, 1.807) is 7.11 Å². The van der Waals surface area contributed by atoms with Gasteiger partial charge in [0.2, 0.25) is 0 Å². The summed E-state index contributed by atoms with van der Waals surface area (Å²) in [5, 5.41) is 0. The van der Waals surface area contributed by atoms with Crippen LogP contribution >= 0.6 is 0 Å². The Morgan fingerprint density at radius 1 is 1.30 bits per heavy atom. The summed E-state index contributed by atoms with van der Waals surface area (Å²) >= 11 is 0. The lowest BCUT2D eigenvalue weighted by Crippen LogP contribution is -2.52. The van der Waals surface area contributed by atoms with Crippen LogP contribution in [0.15, 0.2) is 0 Å². The van der Waals surface area contributed by atoms with Crippen LogP contribution in [0.25, 0.3) is 0 Å². The van der Waals surface area contributed by atoms with Gasteiger partial charge in [-0.25, -0.2) is 0 Å². The molecular formula is C16H28O6S. The smallest absolute Gasteiger partial charge is 0.264 e.